The average molecular weight is 448 g/mol. The zero-order valence-corrected chi connectivity index (χ0v) is 19.5. The summed E-state index contributed by atoms with van der Waals surface area (Å²) >= 11 is 0. The maximum absolute atomic E-state index is 13.2. The summed E-state index contributed by atoms with van der Waals surface area (Å²) in [6, 6.07) is 8.47. The van der Waals surface area contributed by atoms with Gasteiger partial charge in [0.25, 0.3) is 5.69 Å². The molecule has 0 aliphatic rings. The van der Waals surface area contributed by atoms with Gasteiger partial charge in [-0.3, -0.25) is 19.2 Å². The summed E-state index contributed by atoms with van der Waals surface area (Å²) < 4.78 is 26.4. The third-order valence-electron chi connectivity index (χ3n) is 5.36. The monoisotopic (exact) mass is 447 g/mol. The third-order valence-corrected chi connectivity index (χ3v) is 6.53. The van der Waals surface area contributed by atoms with E-state index in [4.69, 9.17) is 0 Å². The summed E-state index contributed by atoms with van der Waals surface area (Å²) in [4.78, 5) is 23.8. The molecule has 0 saturated carbocycles. The Bertz CT molecular complexity index is 1100. The Morgan fingerprint density at radius 3 is 2.23 bits per heavy atom. The average Bonchev–Trinajstić information content (AvgIpc) is 2.67. The molecule has 2 atom stereocenters. The first-order chi connectivity index (χ1) is 14.4. The van der Waals surface area contributed by atoms with Crippen molar-refractivity contribution in [2.45, 2.75) is 53.1 Å². The number of nitrogens with one attached hydrogen (secondary N) is 1. The summed E-state index contributed by atoms with van der Waals surface area (Å²) in [5.41, 5.74) is 3.53. The van der Waals surface area contributed by atoms with E-state index in [0.29, 0.717) is 5.56 Å². The first kappa shape index (κ1) is 24.3. The molecular formula is C22H29N3O5S. The second-order valence-corrected chi connectivity index (χ2v) is 9.64. The van der Waals surface area contributed by atoms with Gasteiger partial charge in [0.05, 0.1) is 22.9 Å². The van der Waals surface area contributed by atoms with Crippen LogP contribution in [0.25, 0.3) is 0 Å². The molecule has 1 N–H and O–H groups in total. The van der Waals surface area contributed by atoms with Gasteiger partial charge in [-0.25, -0.2) is 8.42 Å². The topological polar surface area (TPSA) is 110 Å². The highest BCUT2D eigenvalue weighted by Gasteiger charge is 2.34. The summed E-state index contributed by atoms with van der Waals surface area (Å²) in [6.07, 6.45) is 1.19. The van der Waals surface area contributed by atoms with E-state index in [2.05, 4.69) is 5.32 Å². The van der Waals surface area contributed by atoms with E-state index in [9.17, 15) is 23.3 Å². The maximum atomic E-state index is 13.2. The fraction of sp³-hybridized carbons (Fsp3) is 0.409. The van der Waals surface area contributed by atoms with Gasteiger partial charge in [0, 0.05) is 12.1 Å². The molecule has 0 bridgehead atoms. The Balaban J connectivity index is 2.43. The number of aryl methyl sites for hydroxylation is 3. The molecule has 2 aromatic rings. The number of anilines is 1. The number of hydrogen-bond acceptors (Lipinski definition) is 5. The summed E-state index contributed by atoms with van der Waals surface area (Å²) in [5.74, 6) is -0.468. The summed E-state index contributed by atoms with van der Waals surface area (Å²) in [5, 5.41) is 14.1. The van der Waals surface area contributed by atoms with Crippen molar-refractivity contribution in [3.63, 3.8) is 0 Å². The minimum atomic E-state index is -3.90. The van der Waals surface area contributed by atoms with Gasteiger partial charge in [-0.15, -0.1) is 0 Å². The molecule has 0 aromatic heterocycles. The Morgan fingerprint density at radius 1 is 1.10 bits per heavy atom. The van der Waals surface area contributed by atoms with Crippen molar-refractivity contribution in [1.29, 1.82) is 0 Å². The number of nitro groups is 1. The van der Waals surface area contributed by atoms with Crippen LogP contribution in [0.4, 0.5) is 11.4 Å². The number of hydrogen-bond donors (Lipinski definition) is 1. The van der Waals surface area contributed by atoms with Gasteiger partial charge in [-0.2, -0.15) is 0 Å². The molecule has 1 amide bonds. The van der Waals surface area contributed by atoms with Gasteiger partial charge >= 0.3 is 0 Å². The molecule has 0 radical (unpaired) electrons. The number of non-ortho nitro benzene ring substituents is 1. The lowest BCUT2D eigenvalue weighted by molar-refractivity contribution is -0.384. The zero-order valence-electron chi connectivity index (χ0n) is 18.7. The normalized spacial score (nSPS) is 13.4. The first-order valence-electron chi connectivity index (χ1n) is 9.98. The van der Waals surface area contributed by atoms with Gasteiger partial charge < -0.3 is 5.32 Å². The molecule has 168 valence electrons. The Labute approximate surface area is 183 Å². The summed E-state index contributed by atoms with van der Waals surface area (Å²) in [6.45, 7) is 9.17. The fourth-order valence-electron chi connectivity index (χ4n) is 3.41. The van der Waals surface area contributed by atoms with Crippen LogP contribution in [0.3, 0.4) is 0 Å². The van der Waals surface area contributed by atoms with Crippen molar-refractivity contribution in [3.8, 4) is 0 Å². The Morgan fingerprint density at radius 2 is 1.71 bits per heavy atom. The quantitative estimate of drug-likeness (QED) is 0.487. The highest BCUT2D eigenvalue weighted by Crippen LogP contribution is 2.30. The van der Waals surface area contributed by atoms with E-state index in [1.807, 2.05) is 39.0 Å². The SMILES string of the molecule is CCC(C(=O)NC(C)c1ccc(C)c(C)c1)N(c1cc([N+](=O)[O-])ccc1C)S(C)(=O)=O. The van der Waals surface area contributed by atoms with Gasteiger partial charge in [0.15, 0.2) is 0 Å². The van der Waals surface area contributed by atoms with Crippen LogP contribution in [0.15, 0.2) is 36.4 Å². The molecule has 0 aliphatic heterocycles. The predicted octanol–water partition coefficient (Wildman–Crippen LogP) is 3.94. The second-order valence-electron chi connectivity index (χ2n) is 7.78. The minimum absolute atomic E-state index is 0.123. The van der Waals surface area contributed by atoms with Crippen LogP contribution in [0.5, 0.6) is 0 Å². The van der Waals surface area contributed by atoms with Crippen LogP contribution < -0.4 is 9.62 Å². The van der Waals surface area contributed by atoms with Crippen molar-refractivity contribution in [1.82, 2.24) is 5.32 Å². The van der Waals surface area contributed by atoms with Crippen LogP contribution in [0.2, 0.25) is 0 Å². The molecule has 0 saturated heterocycles. The van der Waals surface area contributed by atoms with Gasteiger partial charge in [0.1, 0.15) is 6.04 Å². The first-order valence-corrected chi connectivity index (χ1v) is 11.8. The smallest absolute Gasteiger partial charge is 0.271 e. The molecule has 2 unspecified atom stereocenters. The van der Waals surface area contributed by atoms with E-state index < -0.39 is 26.9 Å². The van der Waals surface area contributed by atoms with Crippen molar-refractivity contribution >= 4 is 27.3 Å². The van der Waals surface area contributed by atoms with Crippen LogP contribution in [0, 0.1) is 30.9 Å². The van der Waals surface area contributed by atoms with E-state index >= 15 is 0 Å². The molecule has 0 spiro atoms. The lowest BCUT2D eigenvalue weighted by Crippen LogP contribution is -2.50. The zero-order chi connectivity index (χ0) is 23.5. The van der Waals surface area contributed by atoms with Gasteiger partial charge in [-0.1, -0.05) is 31.2 Å². The fourth-order valence-corrected chi connectivity index (χ4v) is 4.67. The molecular weight excluding hydrogens is 418 g/mol. The largest absolute Gasteiger partial charge is 0.348 e. The number of carbonyl (C=O) groups is 1. The molecule has 0 aliphatic carbocycles. The van der Waals surface area contributed by atoms with E-state index in [-0.39, 0.29) is 23.8 Å². The molecule has 8 nitrogen and oxygen atoms in total. The van der Waals surface area contributed by atoms with Crippen LogP contribution in [0.1, 0.15) is 48.6 Å². The van der Waals surface area contributed by atoms with Crippen LogP contribution >= 0.6 is 0 Å². The number of sulfonamides is 1. The van der Waals surface area contributed by atoms with Gasteiger partial charge in [0.2, 0.25) is 15.9 Å². The van der Waals surface area contributed by atoms with Crippen molar-refractivity contribution in [3.05, 3.63) is 68.8 Å². The molecule has 0 fully saturated rings. The number of carbonyl (C=O) groups excluding carboxylic acids is 1. The number of nitrogens with zero attached hydrogens (tertiary/aromatic N) is 2. The predicted molar refractivity (Wildman–Crippen MR) is 122 cm³/mol. The number of benzene rings is 2. The van der Waals surface area contributed by atoms with E-state index in [1.165, 1.54) is 18.2 Å². The van der Waals surface area contributed by atoms with Crippen molar-refractivity contribution < 1.29 is 18.1 Å². The van der Waals surface area contributed by atoms with E-state index in [1.54, 1.807) is 13.8 Å². The number of rotatable bonds is 8. The molecule has 0 heterocycles. The third kappa shape index (κ3) is 5.61. The minimum Gasteiger partial charge on any atom is -0.348 e. The summed E-state index contributed by atoms with van der Waals surface area (Å²) in [7, 11) is -3.90. The Kier molecular flexibility index (Phi) is 7.43. The molecule has 9 heteroatoms. The second kappa shape index (κ2) is 9.47. The lowest BCUT2D eigenvalue weighted by atomic mass is 10.0. The highest BCUT2D eigenvalue weighted by atomic mass is 32.2. The van der Waals surface area contributed by atoms with Crippen molar-refractivity contribution in [2.75, 3.05) is 10.6 Å². The number of amides is 1. The highest BCUT2D eigenvalue weighted by molar-refractivity contribution is 7.92. The van der Waals surface area contributed by atoms with Crippen molar-refractivity contribution in [2.24, 2.45) is 0 Å². The Hall–Kier alpha value is -2.94. The molecule has 2 aromatic carbocycles. The maximum Gasteiger partial charge on any atom is 0.271 e. The molecule has 31 heavy (non-hydrogen) atoms. The standard InChI is InChI=1S/C22H29N3O5S/c1-7-20(22(26)23-17(5)18-10-8-14(2)16(4)12-18)24(31(6,29)30)21-13-19(25(27)28)11-9-15(21)3/h8-13,17,20H,7H2,1-6H3,(H,23,26). The number of nitro benzene ring substituents is 1. The van der Waals surface area contributed by atoms with Crippen LogP contribution in [-0.2, 0) is 14.8 Å². The molecule has 2 rings (SSSR count). The lowest BCUT2D eigenvalue weighted by Gasteiger charge is -2.32. The van der Waals surface area contributed by atoms with Crippen LogP contribution in [-0.4, -0.2) is 31.5 Å². The van der Waals surface area contributed by atoms with Gasteiger partial charge in [-0.05, 0) is 56.4 Å². The van der Waals surface area contributed by atoms with E-state index in [0.717, 1.165) is 27.3 Å².